The molecule has 0 spiro atoms. The van der Waals surface area contributed by atoms with Crippen LogP contribution in [-0.2, 0) is 6.18 Å². The first-order valence-corrected chi connectivity index (χ1v) is 6.88. The molecule has 0 aliphatic carbocycles. The summed E-state index contributed by atoms with van der Waals surface area (Å²) in [6, 6.07) is 9.06. The summed E-state index contributed by atoms with van der Waals surface area (Å²) in [7, 11) is 0. The molecule has 2 aromatic rings. The van der Waals surface area contributed by atoms with E-state index < -0.39 is 17.6 Å². The third-order valence-corrected chi connectivity index (χ3v) is 3.44. The number of alkyl halides is 3. The summed E-state index contributed by atoms with van der Waals surface area (Å²) in [6.07, 6.45) is -4.46. The summed E-state index contributed by atoms with van der Waals surface area (Å²) in [5.74, 6) is -0.583. The average Bonchev–Trinajstić information content (AvgIpc) is 2.41. The van der Waals surface area contributed by atoms with Crippen molar-refractivity contribution in [2.75, 3.05) is 5.32 Å². The van der Waals surface area contributed by atoms with Crippen LogP contribution < -0.4 is 5.32 Å². The lowest BCUT2D eigenvalue weighted by molar-refractivity contribution is -0.137. The Bertz CT molecular complexity index is 688. The van der Waals surface area contributed by atoms with Crippen LogP contribution in [-0.4, -0.2) is 5.91 Å². The average molecular weight is 379 g/mol. The van der Waals surface area contributed by atoms with Gasteiger partial charge in [-0.15, -0.1) is 0 Å². The maximum atomic E-state index is 12.6. The van der Waals surface area contributed by atoms with Crippen LogP contribution in [0, 0.1) is 0 Å². The van der Waals surface area contributed by atoms with Crippen molar-refractivity contribution in [3.05, 3.63) is 63.1 Å². The Morgan fingerprint density at radius 1 is 1.14 bits per heavy atom. The summed E-state index contributed by atoms with van der Waals surface area (Å²) in [5, 5.41) is 2.61. The zero-order chi connectivity index (χ0) is 15.6. The minimum atomic E-state index is -4.46. The van der Waals surface area contributed by atoms with Gasteiger partial charge in [0.2, 0.25) is 0 Å². The predicted octanol–water partition coefficient (Wildman–Crippen LogP) is 5.37. The molecule has 0 bridgehead atoms. The topological polar surface area (TPSA) is 29.1 Å². The summed E-state index contributed by atoms with van der Waals surface area (Å²) in [4.78, 5) is 12.1. The number of hydrogen-bond donors (Lipinski definition) is 1. The van der Waals surface area contributed by atoms with E-state index in [2.05, 4.69) is 21.2 Å². The zero-order valence-corrected chi connectivity index (χ0v) is 12.7. The predicted molar refractivity (Wildman–Crippen MR) is 78.5 cm³/mol. The Kier molecular flexibility index (Phi) is 4.58. The van der Waals surface area contributed by atoms with Crippen LogP contribution in [0.25, 0.3) is 0 Å². The molecule has 21 heavy (non-hydrogen) atoms. The number of carbonyl (C=O) groups excluding carboxylic acids is 1. The van der Waals surface area contributed by atoms with Crippen LogP contribution in [0.5, 0.6) is 0 Å². The molecule has 0 atom stereocenters. The molecule has 2 aromatic carbocycles. The molecule has 0 aromatic heterocycles. The molecule has 0 unspecified atom stereocenters. The van der Waals surface area contributed by atoms with Crippen molar-refractivity contribution in [3.63, 3.8) is 0 Å². The van der Waals surface area contributed by atoms with Gasteiger partial charge in [0.1, 0.15) is 0 Å². The molecule has 0 heterocycles. The summed E-state index contributed by atoms with van der Waals surface area (Å²) in [6.45, 7) is 0. The zero-order valence-electron chi connectivity index (χ0n) is 10.3. The maximum Gasteiger partial charge on any atom is 0.416 e. The second kappa shape index (κ2) is 6.07. The minimum Gasteiger partial charge on any atom is -0.322 e. The highest BCUT2D eigenvalue weighted by Crippen LogP contribution is 2.31. The molecule has 0 aliphatic rings. The van der Waals surface area contributed by atoms with E-state index in [4.69, 9.17) is 11.6 Å². The molecule has 1 amide bonds. The van der Waals surface area contributed by atoms with Gasteiger partial charge in [-0.3, -0.25) is 4.79 Å². The summed E-state index contributed by atoms with van der Waals surface area (Å²) < 4.78 is 38.5. The Balaban J connectivity index is 2.26. The lowest BCUT2D eigenvalue weighted by Gasteiger charge is -2.10. The van der Waals surface area contributed by atoms with Crippen molar-refractivity contribution in [1.82, 2.24) is 0 Å². The highest BCUT2D eigenvalue weighted by atomic mass is 79.9. The Morgan fingerprint density at radius 2 is 1.86 bits per heavy atom. The van der Waals surface area contributed by atoms with Crippen LogP contribution in [0.3, 0.4) is 0 Å². The van der Waals surface area contributed by atoms with Gasteiger partial charge in [-0.2, -0.15) is 13.2 Å². The van der Waals surface area contributed by atoms with E-state index in [1.54, 1.807) is 6.07 Å². The molecule has 110 valence electrons. The van der Waals surface area contributed by atoms with Crippen molar-refractivity contribution in [2.45, 2.75) is 6.18 Å². The van der Waals surface area contributed by atoms with Crippen molar-refractivity contribution in [2.24, 2.45) is 0 Å². The molecule has 7 heteroatoms. The SMILES string of the molecule is O=C(Nc1cccc(C(F)(F)F)c1)c1cc(Br)ccc1Cl. The van der Waals surface area contributed by atoms with Crippen LogP contribution in [0.1, 0.15) is 15.9 Å². The fraction of sp³-hybridized carbons (Fsp3) is 0.0714. The number of nitrogens with one attached hydrogen (secondary N) is 1. The van der Waals surface area contributed by atoms with Crippen molar-refractivity contribution >= 4 is 39.1 Å². The third-order valence-electron chi connectivity index (χ3n) is 2.62. The highest BCUT2D eigenvalue weighted by Gasteiger charge is 2.30. The van der Waals surface area contributed by atoms with Crippen molar-refractivity contribution in [3.8, 4) is 0 Å². The molecule has 0 saturated carbocycles. The largest absolute Gasteiger partial charge is 0.416 e. The molecule has 0 fully saturated rings. The molecule has 1 N–H and O–H groups in total. The van der Waals surface area contributed by atoms with Gasteiger partial charge in [0.25, 0.3) is 5.91 Å². The normalized spacial score (nSPS) is 11.3. The van der Waals surface area contributed by atoms with E-state index >= 15 is 0 Å². The van der Waals surface area contributed by atoms with Crippen molar-refractivity contribution < 1.29 is 18.0 Å². The van der Waals surface area contributed by atoms with Gasteiger partial charge in [-0.25, -0.2) is 0 Å². The van der Waals surface area contributed by atoms with Gasteiger partial charge in [-0.1, -0.05) is 33.6 Å². The number of anilines is 1. The van der Waals surface area contributed by atoms with E-state index in [0.717, 1.165) is 12.1 Å². The number of rotatable bonds is 2. The van der Waals surface area contributed by atoms with Gasteiger partial charge in [-0.05, 0) is 36.4 Å². The minimum absolute atomic E-state index is 0.0471. The Labute approximate surface area is 132 Å². The fourth-order valence-electron chi connectivity index (χ4n) is 1.64. The van der Waals surface area contributed by atoms with Crippen LogP contribution in [0.2, 0.25) is 5.02 Å². The second-order valence-corrected chi connectivity index (χ2v) is 5.48. The molecule has 0 saturated heterocycles. The first kappa shape index (κ1) is 15.9. The molecule has 2 rings (SSSR count). The second-order valence-electron chi connectivity index (χ2n) is 4.16. The van der Waals surface area contributed by atoms with E-state index in [-0.39, 0.29) is 16.3 Å². The lowest BCUT2D eigenvalue weighted by Crippen LogP contribution is -2.13. The van der Waals surface area contributed by atoms with Gasteiger partial charge in [0, 0.05) is 10.2 Å². The first-order valence-electron chi connectivity index (χ1n) is 5.71. The van der Waals surface area contributed by atoms with Crippen LogP contribution in [0.15, 0.2) is 46.9 Å². The van der Waals surface area contributed by atoms with Crippen molar-refractivity contribution in [1.29, 1.82) is 0 Å². The molecular formula is C14H8BrClF3NO. The Morgan fingerprint density at radius 3 is 2.52 bits per heavy atom. The third kappa shape index (κ3) is 3.98. The number of amides is 1. The van der Waals surface area contributed by atoms with Gasteiger partial charge >= 0.3 is 6.18 Å². The number of carbonyl (C=O) groups is 1. The lowest BCUT2D eigenvalue weighted by atomic mass is 10.1. The quantitative estimate of drug-likeness (QED) is 0.747. The number of benzene rings is 2. The molecule has 2 nitrogen and oxygen atoms in total. The van der Waals surface area contributed by atoms with Crippen LogP contribution >= 0.6 is 27.5 Å². The van der Waals surface area contributed by atoms with Gasteiger partial charge in [0.15, 0.2) is 0 Å². The van der Waals surface area contributed by atoms with E-state index in [1.165, 1.54) is 24.3 Å². The molecule has 0 aliphatic heterocycles. The van der Waals surface area contributed by atoms with E-state index in [1.807, 2.05) is 0 Å². The summed E-state index contributed by atoms with van der Waals surface area (Å²) >= 11 is 9.10. The molecular weight excluding hydrogens is 371 g/mol. The maximum absolute atomic E-state index is 12.6. The summed E-state index contributed by atoms with van der Waals surface area (Å²) in [5.41, 5.74) is -0.616. The smallest absolute Gasteiger partial charge is 0.322 e. The van der Waals surface area contributed by atoms with Crippen LogP contribution in [0.4, 0.5) is 18.9 Å². The van der Waals surface area contributed by atoms with Gasteiger partial charge < -0.3 is 5.32 Å². The molecule has 0 radical (unpaired) electrons. The van der Waals surface area contributed by atoms with E-state index in [9.17, 15) is 18.0 Å². The first-order chi connectivity index (χ1) is 9.77. The van der Waals surface area contributed by atoms with Gasteiger partial charge in [0.05, 0.1) is 16.1 Å². The highest BCUT2D eigenvalue weighted by molar-refractivity contribution is 9.10. The monoisotopic (exact) mass is 377 g/mol. The number of halogens is 5. The Hall–Kier alpha value is -1.53. The standard InChI is InChI=1S/C14H8BrClF3NO/c15-9-4-5-12(16)11(7-9)13(21)20-10-3-1-2-8(6-10)14(17,18)19/h1-7H,(H,20,21). The van der Waals surface area contributed by atoms with E-state index in [0.29, 0.717) is 4.47 Å². The number of hydrogen-bond acceptors (Lipinski definition) is 1. The fourth-order valence-corrected chi connectivity index (χ4v) is 2.21.